The number of halogens is 1. The van der Waals surface area contributed by atoms with E-state index in [1.54, 1.807) is 4.90 Å². The van der Waals surface area contributed by atoms with Gasteiger partial charge in [0.25, 0.3) is 0 Å². The molecule has 0 radical (unpaired) electrons. The molecular weight excluding hydrogens is 360 g/mol. The van der Waals surface area contributed by atoms with Crippen LogP contribution in [0.2, 0.25) is 0 Å². The van der Waals surface area contributed by atoms with E-state index in [1.807, 2.05) is 31.3 Å². The molecule has 2 aromatic rings. The van der Waals surface area contributed by atoms with Gasteiger partial charge >= 0.3 is 0 Å². The fraction of sp³-hybridized carbons (Fsp3) is 0.438. The standard InChI is InChI=1S/C16H19BrN4O2/c1-10(18-2)6-14-19-16(23-20-14)11-7-15(22)21(9-11)13-5-3-4-12(17)8-13/h3-5,8,10-11,18H,6-7,9H2,1-2H3. The van der Waals surface area contributed by atoms with Gasteiger partial charge in [-0.15, -0.1) is 0 Å². The SMILES string of the molecule is CNC(C)Cc1noc(C2CC(=O)N(c3cccc(Br)c3)C2)n1. The van der Waals surface area contributed by atoms with Crippen LogP contribution in [0.25, 0.3) is 0 Å². The first-order valence-electron chi connectivity index (χ1n) is 7.62. The molecule has 1 fully saturated rings. The lowest BCUT2D eigenvalue weighted by Gasteiger charge is -2.16. The molecule has 1 aromatic heterocycles. The Kier molecular flexibility index (Phi) is 4.77. The number of nitrogens with zero attached hydrogens (tertiary/aromatic N) is 3. The van der Waals surface area contributed by atoms with Gasteiger partial charge < -0.3 is 14.7 Å². The van der Waals surface area contributed by atoms with Crippen LogP contribution in [-0.2, 0) is 11.2 Å². The molecule has 0 bridgehead atoms. The molecule has 0 aliphatic carbocycles. The van der Waals surface area contributed by atoms with Gasteiger partial charge in [-0.1, -0.05) is 27.2 Å². The van der Waals surface area contributed by atoms with Crippen molar-refractivity contribution in [1.29, 1.82) is 0 Å². The van der Waals surface area contributed by atoms with Gasteiger partial charge in [-0.05, 0) is 32.2 Å². The lowest BCUT2D eigenvalue weighted by atomic mass is 10.1. The number of amides is 1. The van der Waals surface area contributed by atoms with Crippen molar-refractivity contribution < 1.29 is 9.32 Å². The maximum Gasteiger partial charge on any atom is 0.232 e. The summed E-state index contributed by atoms with van der Waals surface area (Å²) >= 11 is 3.44. The van der Waals surface area contributed by atoms with Crippen molar-refractivity contribution in [1.82, 2.24) is 15.5 Å². The third-order valence-electron chi connectivity index (χ3n) is 4.06. The van der Waals surface area contributed by atoms with E-state index in [-0.39, 0.29) is 17.9 Å². The average molecular weight is 379 g/mol. The summed E-state index contributed by atoms with van der Waals surface area (Å²) in [5.41, 5.74) is 0.885. The lowest BCUT2D eigenvalue weighted by molar-refractivity contribution is -0.117. The van der Waals surface area contributed by atoms with Crippen molar-refractivity contribution >= 4 is 27.5 Å². The summed E-state index contributed by atoms with van der Waals surface area (Å²) in [5, 5.41) is 7.17. The maximum absolute atomic E-state index is 12.3. The maximum atomic E-state index is 12.3. The Hall–Kier alpha value is -1.73. The fourth-order valence-electron chi connectivity index (χ4n) is 2.66. The second-order valence-corrected chi connectivity index (χ2v) is 6.74. The number of benzene rings is 1. The highest BCUT2D eigenvalue weighted by Crippen LogP contribution is 2.32. The van der Waals surface area contributed by atoms with E-state index in [0.717, 1.165) is 10.2 Å². The van der Waals surface area contributed by atoms with Gasteiger partial charge in [0.15, 0.2) is 5.82 Å². The molecule has 0 spiro atoms. The highest BCUT2D eigenvalue weighted by molar-refractivity contribution is 9.10. The number of nitrogens with one attached hydrogen (secondary N) is 1. The predicted octanol–water partition coefficient (Wildman–Crippen LogP) is 2.50. The van der Waals surface area contributed by atoms with Crippen molar-refractivity contribution in [3.63, 3.8) is 0 Å². The van der Waals surface area contributed by atoms with Crippen molar-refractivity contribution in [2.24, 2.45) is 0 Å². The number of carbonyl (C=O) groups excluding carboxylic acids is 1. The van der Waals surface area contributed by atoms with E-state index in [4.69, 9.17) is 4.52 Å². The zero-order chi connectivity index (χ0) is 16.4. The lowest BCUT2D eigenvalue weighted by Crippen LogP contribution is -2.24. The number of aromatic nitrogens is 2. The second kappa shape index (κ2) is 6.80. The van der Waals surface area contributed by atoms with Crippen LogP contribution in [0.15, 0.2) is 33.3 Å². The Labute approximate surface area is 143 Å². The molecule has 0 saturated carbocycles. The molecule has 3 rings (SSSR count). The molecule has 2 atom stereocenters. The number of hydrogen-bond acceptors (Lipinski definition) is 5. The minimum absolute atomic E-state index is 0.0485. The van der Waals surface area contributed by atoms with Gasteiger partial charge in [-0.3, -0.25) is 4.79 Å². The molecular formula is C16H19BrN4O2. The molecule has 2 heterocycles. The van der Waals surface area contributed by atoms with Crippen LogP contribution in [0, 0.1) is 0 Å². The fourth-order valence-corrected chi connectivity index (χ4v) is 3.05. The van der Waals surface area contributed by atoms with Gasteiger partial charge in [0.1, 0.15) is 0 Å². The third kappa shape index (κ3) is 3.61. The first kappa shape index (κ1) is 16.1. The molecule has 7 heteroatoms. The summed E-state index contributed by atoms with van der Waals surface area (Å²) in [7, 11) is 1.90. The van der Waals surface area contributed by atoms with Crippen molar-refractivity contribution in [2.75, 3.05) is 18.5 Å². The van der Waals surface area contributed by atoms with Gasteiger partial charge in [-0.2, -0.15) is 4.98 Å². The Morgan fingerprint density at radius 2 is 2.35 bits per heavy atom. The van der Waals surface area contributed by atoms with E-state index in [1.165, 1.54) is 0 Å². The molecule has 1 N–H and O–H groups in total. The number of likely N-dealkylation sites (N-methyl/N-ethyl adjacent to an activating group) is 1. The van der Waals surface area contributed by atoms with Crippen molar-refractivity contribution in [2.45, 2.75) is 31.7 Å². The largest absolute Gasteiger partial charge is 0.339 e. The summed E-state index contributed by atoms with van der Waals surface area (Å²) < 4.78 is 6.32. The monoisotopic (exact) mass is 378 g/mol. The van der Waals surface area contributed by atoms with Gasteiger partial charge in [0.2, 0.25) is 11.8 Å². The second-order valence-electron chi connectivity index (χ2n) is 5.83. The molecule has 1 aliphatic rings. The highest BCUT2D eigenvalue weighted by atomic mass is 79.9. The summed E-state index contributed by atoms with van der Waals surface area (Å²) in [4.78, 5) is 18.5. The average Bonchev–Trinajstić information content (AvgIpc) is 3.13. The van der Waals surface area contributed by atoms with Gasteiger partial charge in [0.05, 0.1) is 5.92 Å². The predicted molar refractivity (Wildman–Crippen MR) is 90.4 cm³/mol. The number of carbonyl (C=O) groups is 1. The van der Waals surface area contributed by atoms with Crippen LogP contribution in [0.1, 0.15) is 31.0 Å². The highest BCUT2D eigenvalue weighted by Gasteiger charge is 2.35. The molecule has 6 nitrogen and oxygen atoms in total. The summed E-state index contributed by atoms with van der Waals surface area (Å²) in [6, 6.07) is 8.01. The van der Waals surface area contributed by atoms with Crippen molar-refractivity contribution in [3.8, 4) is 0 Å². The molecule has 1 saturated heterocycles. The number of rotatable bonds is 5. The first-order valence-corrected chi connectivity index (χ1v) is 8.41. The minimum Gasteiger partial charge on any atom is -0.339 e. The Bertz CT molecular complexity index is 703. The zero-order valence-corrected chi connectivity index (χ0v) is 14.7. The van der Waals surface area contributed by atoms with Crippen LogP contribution < -0.4 is 10.2 Å². The molecule has 122 valence electrons. The molecule has 2 unspecified atom stereocenters. The molecule has 1 aromatic carbocycles. The minimum atomic E-state index is -0.0485. The van der Waals surface area contributed by atoms with Crippen LogP contribution in [0.4, 0.5) is 5.69 Å². The molecule has 1 aliphatic heterocycles. The molecule has 23 heavy (non-hydrogen) atoms. The number of anilines is 1. The summed E-state index contributed by atoms with van der Waals surface area (Å²) in [6.07, 6.45) is 1.10. The van der Waals surface area contributed by atoms with Crippen molar-refractivity contribution in [3.05, 3.63) is 40.5 Å². The van der Waals surface area contributed by atoms with Gasteiger partial charge in [-0.25, -0.2) is 0 Å². The Morgan fingerprint density at radius 1 is 1.52 bits per heavy atom. The van der Waals surface area contributed by atoms with E-state index >= 15 is 0 Å². The van der Waals surface area contributed by atoms with E-state index in [9.17, 15) is 4.79 Å². The van der Waals surface area contributed by atoms with E-state index in [2.05, 4.69) is 38.3 Å². The zero-order valence-electron chi connectivity index (χ0n) is 13.1. The van der Waals surface area contributed by atoms with Crippen LogP contribution in [0.5, 0.6) is 0 Å². The third-order valence-corrected chi connectivity index (χ3v) is 4.55. The quantitative estimate of drug-likeness (QED) is 0.865. The summed E-state index contributed by atoms with van der Waals surface area (Å²) in [6.45, 7) is 2.63. The van der Waals surface area contributed by atoms with E-state index < -0.39 is 0 Å². The Morgan fingerprint density at radius 3 is 3.09 bits per heavy atom. The Balaban J connectivity index is 1.72. The molecule has 1 amide bonds. The van der Waals surface area contributed by atoms with Crippen LogP contribution in [0.3, 0.4) is 0 Å². The first-order chi connectivity index (χ1) is 11.1. The number of hydrogen-bond donors (Lipinski definition) is 1. The summed E-state index contributed by atoms with van der Waals surface area (Å²) in [5.74, 6) is 1.26. The normalized spacial score (nSPS) is 19.3. The van der Waals surface area contributed by atoms with Gasteiger partial charge in [0, 0.05) is 35.6 Å². The van der Waals surface area contributed by atoms with E-state index in [0.29, 0.717) is 31.1 Å². The smallest absolute Gasteiger partial charge is 0.232 e. The topological polar surface area (TPSA) is 71.3 Å². The van der Waals surface area contributed by atoms with Crippen LogP contribution in [-0.4, -0.2) is 35.7 Å². The van der Waals surface area contributed by atoms with Crippen LogP contribution >= 0.6 is 15.9 Å².